The molecule has 0 aromatic heterocycles. The van der Waals surface area contributed by atoms with Gasteiger partial charge in [-0.3, -0.25) is 19.2 Å². The number of benzene rings is 2. The second-order valence-electron chi connectivity index (χ2n) is 6.87. The molecule has 0 N–H and O–H groups in total. The first-order valence-electron chi connectivity index (χ1n) is 9.73. The first-order valence-corrected chi connectivity index (χ1v) is 9.73. The molecule has 0 bridgehead atoms. The van der Waals surface area contributed by atoms with Gasteiger partial charge < -0.3 is 23.7 Å². The van der Waals surface area contributed by atoms with Crippen LogP contribution in [0.4, 0.5) is 0 Å². The van der Waals surface area contributed by atoms with Crippen LogP contribution in [0.1, 0.15) is 40.0 Å². The summed E-state index contributed by atoms with van der Waals surface area (Å²) in [7, 11) is 4.28. The Hall–Kier alpha value is -3.88. The fourth-order valence-corrected chi connectivity index (χ4v) is 3.16. The maximum absolute atomic E-state index is 12.5. The molecule has 0 amide bonds. The van der Waals surface area contributed by atoms with Crippen LogP contribution in [-0.2, 0) is 9.59 Å². The van der Waals surface area contributed by atoms with Crippen molar-refractivity contribution in [3.05, 3.63) is 41.5 Å². The normalized spacial score (nSPS) is 11.6. The molecule has 168 valence electrons. The van der Waals surface area contributed by atoms with Crippen LogP contribution >= 0.6 is 0 Å². The summed E-state index contributed by atoms with van der Waals surface area (Å²) in [6.07, 6.45) is -0.310. The van der Waals surface area contributed by atoms with Crippen LogP contribution in [0, 0.1) is 0 Å². The van der Waals surface area contributed by atoms with Crippen molar-refractivity contribution in [2.45, 2.75) is 19.3 Å². The van der Waals surface area contributed by atoms with Gasteiger partial charge in [-0.05, 0) is 30.7 Å². The smallest absolute Gasteiger partial charge is 0.231 e. The van der Waals surface area contributed by atoms with Gasteiger partial charge in [-0.25, -0.2) is 0 Å². The molecule has 1 aliphatic rings. The predicted molar refractivity (Wildman–Crippen MR) is 111 cm³/mol. The van der Waals surface area contributed by atoms with Crippen molar-refractivity contribution in [3.8, 4) is 28.7 Å². The summed E-state index contributed by atoms with van der Waals surface area (Å²) in [6, 6.07) is 7.26. The molecule has 2 aromatic carbocycles. The van der Waals surface area contributed by atoms with Gasteiger partial charge in [0.2, 0.25) is 35.7 Å². The molecular formula is C23H22O9. The van der Waals surface area contributed by atoms with Crippen LogP contribution in [0.15, 0.2) is 30.3 Å². The zero-order valence-electron chi connectivity index (χ0n) is 17.9. The standard InChI is InChI=1S/C23H22O9/c1-28-15-7-13(8-16(11-15)29-2)21(26)17(24)5-4-6-18(25)22(27)14-9-19(30-3)23-20(10-14)31-12-32-23/h7-11H,4-6,12H2,1-3H3. The van der Waals surface area contributed by atoms with Crippen molar-refractivity contribution in [2.24, 2.45) is 0 Å². The number of Topliss-reactive ketones (excluding diaryl/α,β-unsaturated/α-hetero) is 4. The molecule has 0 saturated carbocycles. The fourth-order valence-electron chi connectivity index (χ4n) is 3.16. The van der Waals surface area contributed by atoms with Gasteiger partial charge in [0.25, 0.3) is 0 Å². The van der Waals surface area contributed by atoms with E-state index >= 15 is 0 Å². The zero-order valence-corrected chi connectivity index (χ0v) is 17.9. The maximum atomic E-state index is 12.5. The lowest BCUT2D eigenvalue weighted by Gasteiger charge is -2.08. The van der Waals surface area contributed by atoms with Crippen LogP contribution < -0.4 is 23.7 Å². The van der Waals surface area contributed by atoms with E-state index in [0.717, 1.165) is 0 Å². The molecule has 0 spiro atoms. The summed E-state index contributed by atoms with van der Waals surface area (Å²) < 4.78 is 25.9. The molecule has 9 heteroatoms. The Balaban J connectivity index is 1.59. The highest BCUT2D eigenvalue weighted by Crippen LogP contribution is 2.42. The fraction of sp³-hybridized carbons (Fsp3) is 0.304. The Kier molecular flexibility index (Phi) is 7.09. The molecule has 9 nitrogen and oxygen atoms in total. The Morgan fingerprint density at radius 3 is 1.84 bits per heavy atom. The van der Waals surface area contributed by atoms with Crippen molar-refractivity contribution in [1.29, 1.82) is 0 Å². The molecule has 0 atom stereocenters. The molecule has 2 aromatic rings. The summed E-state index contributed by atoms with van der Waals surface area (Å²) in [5.74, 6) is -1.10. The third-order valence-corrected chi connectivity index (χ3v) is 4.85. The lowest BCUT2D eigenvalue weighted by atomic mass is 9.99. The number of ketones is 4. The largest absolute Gasteiger partial charge is 0.497 e. The predicted octanol–water partition coefficient (Wildman–Crippen LogP) is 2.82. The Morgan fingerprint density at radius 1 is 0.750 bits per heavy atom. The Labute approximate surface area is 184 Å². The molecule has 0 radical (unpaired) electrons. The SMILES string of the molecule is COc1cc(OC)cc(C(=O)C(=O)CCCC(=O)C(=O)c2cc(OC)c3c(c2)OCO3)c1. The van der Waals surface area contributed by atoms with E-state index in [1.165, 1.54) is 45.6 Å². The van der Waals surface area contributed by atoms with Crippen LogP contribution in [0.25, 0.3) is 0 Å². The molecule has 1 heterocycles. The van der Waals surface area contributed by atoms with Crippen molar-refractivity contribution >= 4 is 23.1 Å². The maximum Gasteiger partial charge on any atom is 0.231 e. The first kappa shape index (κ1) is 22.8. The third kappa shape index (κ3) is 4.88. The highest BCUT2D eigenvalue weighted by atomic mass is 16.7. The monoisotopic (exact) mass is 442 g/mol. The second kappa shape index (κ2) is 9.95. The molecule has 3 rings (SSSR count). The molecule has 0 aliphatic carbocycles. The average Bonchev–Trinajstić information content (AvgIpc) is 3.30. The molecule has 32 heavy (non-hydrogen) atoms. The highest BCUT2D eigenvalue weighted by molar-refractivity contribution is 6.45. The summed E-state index contributed by atoms with van der Waals surface area (Å²) in [5.41, 5.74) is 0.225. The second-order valence-corrected chi connectivity index (χ2v) is 6.87. The topological polar surface area (TPSA) is 114 Å². The van der Waals surface area contributed by atoms with Crippen LogP contribution in [0.2, 0.25) is 0 Å². The average molecular weight is 442 g/mol. The number of hydrogen-bond acceptors (Lipinski definition) is 9. The van der Waals surface area contributed by atoms with E-state index in [4.69, 9.17) is 23.7 Å². The number of fused-ring (bicyclic) bond motifs is 1. The minimum Gasteiger partial charge on any atom is -0.497 e. The van der Waals surface area contributed by atoms with Crippen LogP contribution in [0.3, 0.4) is 0 Å². The van der Waals surface area contributed by atoms with E-state index in [1.807, 2.05) is 0 Å². The van der Waals surface area contributed by atoms with Crippen LogP contribution in [0.5, 0.6) is 28.7 Å². The van der Waals surface area contributed by atoms with Crippen molar-refractivity contribution in [3.63, 3.8) is 0 Å². The van der Waals surface area contributed by atoms with E-state index in [-0.39, 0.29) is 42.9 Å². The summed E-state index contributed by atoms with van der Waals surface area (Å²) in [6.45, 7) is -0.00735. The number of ether oxygens (including phenoxy) is 5. The van der Waals surface area contributed by atoms with Crippen molar-refractivity contribution in [1.82, 2.24) is 0 Å². The molecule has 0 fully saturated rings. The molecular weight excluding hydrogens is 420 g/mol. The van der Waals surface area contributed by atoms with E-state index in [1.54, 1.807) is 6.07 Å². The van der Waals surface area contributed by atoms with Gasteiger partial charge in [-0.1, -0.05) is 0 Å². The minimum absolute atomic E-state index is 0.00735. The Morgan fingerprint density at radius 2 is 1.31 bits per heavy atom. The number of carbonyl (C=O) groups is 4. The van der Waals surface area contributed by atoms with Crippen molar-refractivity contribution in [2.75, 3.05) is 28.1 Å². The van der Waals surface area contributed by atoms with Gasteiger partial charge in [0.05, 0.1) is 21.3 Å². The van der Waals surface area contributed by atoms with E-state index < -0.39 is 23.1 Å². The van der Waals surface area contributed by atoms with Gasteiger partial charge in [-0.2, -0.15) is 0 Å². The van der Waals surface area contributed by atoms with E-state index in [2.05, 4.69) is 0 Å². The summed E-state index contributed by atoms with van der Waals surface area (Å²) in [4.78, 5) is 49.6. The van der Waals surface area contributed by atoms with Crippen LogP contribution in [-0.4, -0.2) is 51.3 Å². The lowest BCUT2D eigenvalue weighted by Crippen LogP contribution is -2.17. The number of methoxy groups -OCH3 is 3. The zero-order chi connectivity index (χ0) is 23.3. The van der Waals surface area contributed by atoms with Gasteiger partial charge in [0.15, 0.2) is 11.5 Å². The van der Waals surface area contributed by atoms with Gasteiger partial charge >= 0.3 is 0 Å². The molecule has 0 saturated heterocycles. The van der Waals surface area contributed by atoms with Gasteiger partial charge in [-0.15, -0.1) is 0 Å². The number of rotatable bonds is 11. The quantitative estimate of drug-likeness (QED) is 0.383. The Bertz CT molecular complexity index is 1050. The minimum atomic E-state index is -0.738. The molecule has 0 unspecified atom stereocenters. The van der Waals surface area contributed by atoms with E-state index in [0.29, 0.717) is 23.0 Å². The number of hydrogen-bond donors (Lipinski definition) is 0. The summed E-state index contributed by atoms with van der Waals surface area (Å²) in [5, 5.41) is 0. The van der Waals surface area contributed by atoms with Gasteiger partial charge in [0.1, 0.15) is 11.5 Å². The van der Waals surface area contributed by atoms with E-state index in [9.17, 15) is 19.2 Å². The third-order valence-electron chi connectivity index (χ3n) is 4.85. The van der Waals surface area contributed by atoms with Crippen molar-refractivity contribution < 1.29 is 42.9 Å². The summed E-state index contributed by atoms with van der Waals surface area (Å²) >= 11 is 0. The highest BCUT2D eigenvalue weighted by Gasteiger charge is 2.25. The number of carbonyl (C=O) groups excluding carboxylic acids is 4. The molecule has 1 aliphatic heterocycles. The first-order chi connectivity index (χ1) is 15.4. The lowest BCUT2D eigenvalue weighted by molar-refractivity contribution is -0.116. The van der Waals surface area contributed by atoms with Gasteiger partial charge in [0, 0.05) is 30.0 Å².